The van der Waals surface area contributed by atoms with Crippen LogP contribution in [0.2, 0.25) is 0 Å². The van der Waals surface area contributed by atoms with E-state index in [1.165, 1.54) is 22.9 Å². The summed E-state index contributed by atoms with van der Waals surface area (Å²) in [5.74, 6) is -0.357. The Morgan fingerprint density at radius 3 is 2.81 bits per heavy atom. The first kappa shape index (κ1) is 21.9. The number of thioether (sulfide) groups is 1. The summed E-state index contributed by atoms with van der Waals surface area (Å²) in [5.41, 5.74) is 1.45. The molecule has 3 aromatic rings. The Morgan fingerprint density at radius 2 is 2.12 bits per heavy atom. The van der Waals surface area contributed by atoms with Gasteiger partial charge < -0.3 is 10.2 Å². The van der Waals surface area contributed by atoms with Crippen LogP contribution in [0.4, 0.5) is 5.00 Å². The molecule has 4 rings (SSSR count). The van der Waals surface area contributed by atoms with E-state index in [9.17, 15) is 19.6 Å². The van der Waals surface area contributed by atoms with Gasteiger partial charge in [0.05, 0.1) is 17.4 Å². The fourth-order valence-electron chi connectivity index (χ4n) is 3.42. The maximum atomic E-state index is 12.9. The number of benzene rings is 1. The van der Waals surface area contributed by atoms with Crippen LogP contribution < -0.4 is 15.6 Å². The van der Waals surface area contributed by atoms with E-state index in [4.69, 9.17) is 4.52 Å². The number of carbonyl (C=O) groups is 2. The van der Waals surface area contributed by atoms with Crippen molar-refractivity contribution in [2.24, 2.45) is 0 Å². The van der Waals surface area contributed by atoms with Crippen molar-refractivity contribution in [3.63, 3.8) is 0 Å². The topological polar surface area (TPSA) is 123 Å². The van der Waals surface area contributed by atoms with E-state index in [0.717, 1.165) is 22.2 Å². The molecule has 2 aromatic heterocycles. The zero-order valence-electron chi connectivity index (χ0n) is 17.4. The van der Waals surface area contributed by atoms with E-state index >= 15 is 0 Å². The van der Waals surface area contributed by atoms with E-state index in [2.05, 4.69) is 16.7 Å². The van der Waals surface area contributed by atoms with E-state index in [-0.39, 0.29) is 16.8 Å². The molecule has 3 heterocycles. The Labute approximate surface area is 191 Å². The number of thiophene rings is 1. The van der Waals surface area contributed by atoms with Gasteiger partial charge in [0.15, 0.2) is 0 Å². The molecule has 32 heavy (non-hydrogen) atoms. The number of fused-ring (bicyclic) bond motifs is 1. The van der Waals surface area contributed by atoms with Gasteiger partial charge in [0.2, 0.25) is 17.5 Å². The quantitative estimate of drug-likeness (QED) is 0.435. The molecule has 1 aliphatic heterocycles. The summed E-state index contributed by atoms with van der Waals surface area (Å²) in [4.78, 5) is 39.4. The first-order valence-electron chi connectivity index (χ1n) is 9.85. The average molecular weight is 471 g/mol. The lowest BCUT2D eigenvalue weighted by Crippen LogP contribution is -2.37. The lowest BCUT2D eigenvalue weighted by molar-refractivity contribution is -0.704. The highest BCUT2D eigenvalue weighted by Crippen LogP contribution is 2.37. The first-order valence-corrected chi connectivity index (χ1v) is 11.5. The van der Waals surface area contributed by atoms with E-state index < -0.39 is 10.9 Å². The van der Waals surface area contributed by atoms with Crippen molar-refractivity contribution in [1.29, 1.82) is 5.26 Å². The standard InChI is InChI=1S/C21H19N5O4S2/c1-12(31-20-21(29)30-24-26(20)14-6-4-3-5-7-14)18(28)23-19-16(10-22)15-8-9-25(13(2)27)11-17(15)32-19/h3-7,12H,8-9,11H2,1-2H3,(H-,23,24,28,29)/p+1. The van der Waals surface area contributed by atoms with Crippen LogP contribution in [0.25, 0.3) is 5.69 Å². The summed E-state index contributed by atoms with van der Waals surface area (Å²) in [6.45, 7) is 4.19. The zero-order valence-corrected chi connectivity index (χ0v) is 19.0. The van der Waals surface area contributed by atoms with Crippen molar-refractivity contribution < 1.29 is 18.8 Å². The third-order valence-electron chi connectivity index (χ3n) is 5.13. The van der Waals surface area contributed by atoms with Gasteiger partial charge in [0, 0.05) is 30.5 Å². The van der Waals surface area contributed by atoms with Crippen molar-refractivity contribution in [2.75, 3.05) is 11.9 Å². The van der Waals surface area contributed by atoms with Crippen LogP contribution >= 0.6 is 23.1 Å². The Kier molecular flexibility index (Phi) is 6.16. The number of rotatable bonds is 5. The van der Waals surface area contributed by atoms with Gasteiger partial charge in [0.1, 0.15) is 11.1 Å². The molecular formula is C21H20N5O4S2+. The number of nitrogens with zero attached hydrogens (tertiary/aromatic N) is 3. The summed E-state index contributed by atoms with van der Waals surface area (Å²) in [7, 11) is 0. The minimum absolute atomic E-state index is 0.0183. The van der Waals surface area contributed by atoms with Crippen molar-refractivity contribution in [2.45, 2.75) is 37.1 Å². The molecule has 1 aromatic carbocycles. The molecule has 1 unspecified atom stereocenters. The predicted molar refractivity (Wildman–Crippen MR) is 119 cm³/mol. The van der Waals surface area contributed by atoms with Gasteiger partial charge in [-0.15, -0.1) is 11.3 Å². The maximum Gasteiger partial charge on any atom is 0.442 e. The molecule has 2 amide bonds. The number of carbonyl (C=O) groups excluding carboxylic acids is 2. The van der Waals surface area contributed by atoms with Gasteiger partial charge in [-0.05, 0) is 40.6 Å². The minimum atomic E-state index is -0.636. The molecule has 1 atom stereocenters. The number of nitriles is 1. The Morgan fingerprint density at radius 1 is 1.38 bits per heavy atom. The zero-order chi connectivity index (χ0) is 22.8. The van der Waals surface area contributed by atoms with Crippen LogP contribution in [0.5, 0.6) is 0 Å². The van der Waals surface area contributed by atoms with Crippen LogP contribution in [0.15, 0.2) is 44.7 Å². The molecule has 0 bridgehead atoms. The summed E-state index contributed by atoms with van der Waals surface area (Å²) < 4.78 is 6.41. The predicted octanol–water partition coefficient (Wildman–Crippen LogP) is 2.20. The van der Waals surface area contributed by atoms with E-state index in [0.29, 0.717) is 35.8 Å². The molecule has 1 aliphatic rings. The fourth-order valence-corrected chi connectivity index (χ4v) is 5.53. The van der Waals surface area contributed by atoms with Crippen LogP contribution in [-0.2, 0) is 22.6 Å². The van der Waals surface area contributed by atoms with Crippen LogP contribution in [-0.4, -0.2) is 33.8 Å². The van der Waals surface area contributed by atoms with E-state index in [1.807, 2.05) is 18.2 Å². The smallest absolute Gasteiger partial charge is 0.337 e. The largest absolute Gasteiger partial charge is 0.442 e. The Balaban J connectivity index is 1.53. The van der Waals surface area contributed by atoms with Crippen molar-refractivity contribution in [1.82, 2.24) is 10.2 Å². The number of aromatic nitrogens is 2. The molecule has 9 nitrogen and oxygen atoms in total. The second-order valence-electron chi connectivity index (χ2n) is 7.22. The number of para-hydroxylation sites is 1. The number of H-pyrrole nitrogens is 1. The molecular weight excluding hydrogens is 450 g/mol. The summed E-state index contributed by atoms with van der Waals surface area (Å²) >= 11 is 2.38. The number of anilines is 1. The van der Waals surface area contributed by atoms with Crippen molar-refractivity contribution >= 4 is 39.9 Å². The number of aromatic amines is 1. The molecule has 164 valence electrons. The van der Waals surface area contributed by atoms with Gasteiger partial charge in [-0.2, -0.15) is 5.26 Å². The molecule has 0 fully saturated rings. The monoisotopic (exact) mass is 470 g/mol. The number of nitrogens with one attached hydrogen (secondary N) is 2. The first-order chi connectivity index (χ1) is 15.4. The fraction of sp³-hybridized carbons (Fsp3) is 0.286. The van der Waals surface area contributed by atoms with Crippen molar-refractivity contribution in [3.8, 4) is 11.8 Å². The summed E-state index contributed by atoms with van der Waals surface area (Å²) in [5, 5.41) is 15.1. The lowest BCUT2D eigenvalue weighted by atomic mass is 10.0. The maximum absolute atomic E-state index is 12.9. The average Bonchev–Trinajstić information content (AvgIpc) is 3.33. The Hall–Kier alpha value is -3.36. The van der Waals surface area contributed by atoms with Gasteiger partial charge in [-0.1, -0.05) is 18.2 Å². The molecule has 0 aliphatic carbocycles. The normalized spacial score (nSPS) is 13.8. The second kappa shape index (κ2) is 9.02. The van der Waals surface area contributed by atoms with Gasteiger partial charge in [-0.25, -0.2) is 4.79 Å². The number of hydrogen-bond donors (Lipinski definition) is 2. The number of hydrogen-bond acceptors (Lipinski definition) is 7. The highest BCUT2D eigenvalue weighted by molar-refractivity contribution is 8.00. The molecule has 0 radical (unpaired) electrons. The van der Waals surface area contributed by atoms with Crippen LogP contribution in [0.3, 0.4) is 0 Å². The van der Waals surface area contributed by atoms with Gasteiger partial charge in [-0.3, -0.25) is 14.1 Å². The number of amides is 2. The molecule has 0 saturated heterocycles. The highest BCUT2D eigenvalue weighted by atomic mass is 32.2. The van der Waals surface area contributed by atoms with Gasteiger partial charge >= 0.3 is 10.7 Å². The molecule has 11 heteroatoms. The summed E-state index contributed by atoms with van der Waals surface area (Å²) in [6, 6.07) is 11.3. The Bertz CT molecular complexity index is 1270. The van der Waals surface area contributed by atoms with Gasteiger partial charge in [0.25, 0.3) is 0 Å². The highest BCUT2D eigenvalue weighted by Gasteiger charge is 2.31. The van der Waals surface area contributed by atoms with Crippen LogP contribution in [0.1, 0.15) is 29.9 Å². The molecule has 0 saturated carbocycles. The minimum Gasteiger partial charge on any atom is -0.337 e. The molecule has 0 spiro atoms. The van der Waals surface area contributed by atoms with Crippen LogP contribution in [0, 0.1) is 11.3 Å². The third kappa shape index (κ3) is 4.19. The van der Waals surface area contributed by atoms with Crippen molar-refractivity contribution in [3.05, 3.63) is 56.8 Å². The third-order valence-corrected chi connectivity index (χ3v) is 7.40. The van der Waals surface area contributed by atoms with E-state index in [1.54, 1.807) is 24.0 Å². The molecule has 2 N–H and O–H groups in total. The summed E-state index contributed by atoms with van der Waals surface area (Å²) in [6.07, 6.45) is 0.579. The SMILES string of the molecule is CC(=O)N1CCc2c(sc(NC(=O)C(C)Sc3c(=O)o[nH][n+]3-c3ccccc3)c2C#N)C1. The second-order valence-corrected chi connectivity index (χ2v) is 9.65. The lowest BCUT2D eigenvalue weighted by Gasteiger charge is -2.25.